The zero-order valence-electron chi connectivity index (χ0n) is 9.30. The fraction of sp³-hybridized carbons (Fsp3) is 0.182. The number of Topliss-reactive ketones (excluding diaryl/α,β-unsaturated/α-hetero) is 1. The van der Waals surface area contributed by atoms with Crippen molar-refractivity contribution in [3.05, 3.63) is 35.7 Å². The normalized spacial score (nSPS) is 10.4. The highest BCUT2D eigenvalue weighted by atomic mass is 32.2. The predicted octanol–water partition coefficient (Wildman–Crippen LogP) is 1.53. The van der Waals surface area contributed by atoms with Gasteiger partial charge in [0.1, 0.15) is 5.82 Å². The molecule has 88 valence electrons. The molecule has 0 amide bonds. The van der Waals surface area contributed by atoms with Crippen molar-refractivity contribution in [2.24, 2.45) is 0 Å². The molecule has 17 heavy (non-hydrogen) atoms. The highest BCUT2D eigenvalue weighted by molar-refractivity contribution is 7.98. The van der Waals surface area contributed by atoms with Crippen LogP contribution < -0.4 is 5.73 Å². The number of aromatic amines is 1. The molecule has 0 saturated carbocycles. The first-order valence-electron chi connectivity index (χ1n) is 5.03. The molecule has 1 heterocycles. The molecule has 0 bridgehead atoms. The number of nitrogens with one attached hydrogen (secondary N) is 1. The molecule has 1 aromatic heterocycles. The van der Waals surface area contributed by atoms with Gasteiger partial charge in [0, 0.05) is 10.5 Å². The number of nitrogen functional groups attached to an aromatic ring is 1. The molecule has 0 spiro atoms. The minimum atomic E-state index is 0.00565. The summed E-state index contributed by atoms with van der Waals surface area (Å²) in [5.74, 6) is 0.653. The van der Waals surface area contributed by atoms with E-state index in [1.165, 1.54) is 0 Å². The van der Waals surface area contributed by atoms with Crippen LogP contribution in [0.3, 0.4) is 0 Å². The molecular weight excluding hydrogens is 236 g/mol. The van der Waals surface area contributed by atoms with Crippen LogP contribution in [0.5, 0.6) is 0 Å². The van der Waals surface area contributed by atoms with E-state index in [4.69, 9.17) is 5.73 Å². The van der Waals surface area contributed by atoms with E-state index in [0.717, 1.165) is 4.90 Å². The number of anilines is 1. The number of rotatable bonds is 4. The van der Waals surface area contributed by atoms with Crippen LogP contribution in [-0.4, -0.2) is 27.2 Å². The van der Waals surface area contributed by atoms with Crippen molar-refractivity contribution in [3.63, 3.8) is 0 Å². The van der Waals surface area contributed by atoms with Crippen LogP contribution >= 0.6 is 11.8 Å². The van der Waals surface area contributed by atoms with Crippen LogP contribution in [0.4, 0.5) is 5.95 Å². The number of H-pyrrole nitrogens is 1. The van der Waals surface area contributed by atoms with E-state index in [2.05, 4.69) is 15.2 Å². The molecule has 0 atom stereocenters. The molecule has 2 aromatic rings. The lowest BCUT2D eigenvalue weighted by Crippen LogP contribution is -2.06. The fourth-order valence-corrected chi connectivity index (χ4v) is 2.13. The van der Waals surface area contributed by atoms with E-state index in [9.17, 15) is 4.79 Å². The van der Waals surface area contributed by atoms with Crippen LogP contribution in [-0.2, 0) is 6.42 Å². The second kappa shape index (κ2) is 5.01. The summed E-state index contributed by atoms with van der Waals surface area (Å²) in [6, 6.07) is 7.50. The number of nitrogens with zero attached hydrogens (tertiary/aromatic N) is 2. The summed E-state index contributed by atoms with van der Waals surface area (Å²) in [7, 11) is 0. The van der Waals surface area contributed by atoms with Crippen molar-refractivity contribution < 1.29 is 4.79 Å². The van der Waals surface area contributed by atoms with Crippen LogP contribution in [0.1, 0.15) is 16.2 Å². The van der Waals surface area contributed by atoms with E-state index >= 15 is 0 Å². The zero-order valence-corrected chi connectivity index (χ0v) is 10.1. The molecule has 0 aliphatic carbocycles. The summed E-state index contributed by atoms with van der Waals surface area (Å²) in [6.45, 7) is 0. The van der Waals surface area contributed by atoms with Gasteiger partial charge in [-0.05, 0) is 12.3 Å². The Kier molecular flexibility index (Phi) is 3.43. The van der Waals surface area contributed by atoms with E-state index in [-0.39, 0.29) is 18.2 Å². The van der Waals surface area contributed by atoms with E-state index in [0.29, 0.717) is 11.4 Å². The largest absolute Gasteiger partial charge is 0.367 e. The summed E-state index contributed by atoms with van der Waals surface area (Å²) in [4.78, 5) is 16.9. The standard InChI is InChI=1S/C11H12N4OS/c1-17-9-5-3-2-4-7(9)8(16)6-10-13-11(12)15-14-10/h2-5H,6H2,1H3,(H3,12,13,14,15). The number of benzene rings is 1. The van der Waals surface area contributed by atoms with Crippen LogP contribution in [0.15, 0.2) is 29.2 Å². The third-order valence-electron chi connectivity index (χ3n) is 2.28. The number of aromatic nitrogens is 3. The average Bonchev–Trinajstić information content (AvgIpc) is 2.74. The smallest absolute Gasteiger partial charge is 0.239 e. The molecule has 0 radical (unpaired) electrons. The summed E-state index contributed by atoms with van der Waals surface area (Å²) < 4.78 is 0. The maximum atomic E-state index is 12.1. The maximum Gasteiger partial charge on any atom is 0.239 e. The van der Waals surface area contributed by atoms with Gasteiger partial charge >= 0.3 is 0 Å². The number of ketones is 1. The minimum absolute atomic E-state index is 0.00565. The molecule has 0 unspecified atom stereocenters. The lowest BCUT2D eigenvalue weighted by Gasteiger charge is -2.04. The highest BCUT2D eigenvalue weighted by Crippen LogP contribution is 2.21. The Labute approximate surface area is 103 Å². The van der Waals surface area contributed by atoms with Crippen molar-refractivity contribution in [1.29, 1.82) is 0 Å². The summed E-state index contributed by atoms with van der Waals surface area (Å²) >= 11 is 1.55. The van der Waals surface area contributed by atoms with E-state index < -0.39 is 0 Å². The van der Waals surface area contributed by atoms with Crippen LogP contribution in [0, 0.1) is 0 Å². The van der Waals surface area contributed by atoms with Crippen molar-refractivity contribution in [3.8, 4) is 0 Å². The first kappa shape index (κ1) is 11.7. The molecule has 3 N–H and O–H groups in total. The summed E-state index contributed by atoms with van der Waals surface area (Å²) in [5.41, 5.74) is 6.08. The minimum Gasteiger partial charge on any atom is -0.367 e. The second-order valence-electron chi connectivity index (χ2n) is 3.44. The Morgan fingerprint density at radius 3 is 2.88 bits per heavy atom. The fourth-order valence-electron chi connectivity index (χ4n) is 1.51. The van der Waals surface area contributed by atoms with Gasteiger partial charge in [-0.1, -0.05) is 18.2 Å². The Balaban J connectivity index is 2.20. The summed E-state index contributed by atoms with van der Waals surface area (Å²) in [5, 5.41) is 6.32. The second-order valence-corrected chi connectivity index (χ2v) is 4.29. The van der Waals surface area contributed by atoms with Gasteiger partial charge in [-0.25, -0.2) is 0 Å². The van der Waals surface area contributed by atoms with Gasteiger partial charge in [-0.15, -0.1) is 16.9 Å². The Morgan fingerprint density at radius 1 is 1.47 bits per heavy atom. The van der Waals surface area contributed by atoms with Crippen molar-refractivity contribution >= 4 is 23.5 Å². The molecule has 6 heteroatoms. The number of hydrogen-bond acceptors (Lipinski definition) is 5. The molecule has 0 aliphatic rings. The molecule has 0 aliphatic heterocycles. The van der Waals surface area contributed by atoms with Gasteiger partial charge in [0.25, 0.3) is 0 Å². The number of carbonyl (C=O) groups is 1. The Morgan fingerprint density at radius 2 is 2.24 bits per heavy atom. The van der Waals surface area contributed by atoms with E-state index in [1.807, 2.05) is 30.5 Å². The lowest BCUT2D eigenvalue weighted by molar-refractivity contribution is 0.0988. The molecule has 1 aromatic carbocycles. The lowest BCUT2D eigenvalue weighted by atomic mass is 10.1. The highest BCUT2D eigenvalue weighted by Gasteiger charge is 2.13. The number of carbonyl (C=O) groups excluding carboxylic acids is 1. The number of hydrogen-bond donors (Lipinski definition) is 2. The van der Waals surface area contributed by atoms with Gasteiger partial charge in [-0.2, -0.15) is 4.98 Å². The monoisotopic (exact) mass is 248 g/mol. The first-order chi connectivity index (χ1) is 8.20. The molecular formula is C11H12N4OS. The van der Waals surface area contributed by atoms with Crippen molar-refractivity contribution in [2.45, 2.75) is 11.3 Å². The third-order valence-corrected chi connectivity index (χ3v) is 3.08. The van der Waals surface area contributed by atoms with Gasteiger partial charge in [0.05, 0.1) is 6.42 Å². The Bertz CT molecular complexity index is 538. The van der Waals surface area contributed by atoms with E-state index in [1.54, 1.807) is 11.8 Å². The van der Waals surface area contributed by atoms with Gasteiger partial charge in [-0.3, -0.25) is 9.89 Å². The van der Waals surface area contributed by atoms with Gasteiger partial charge in [0.15, 0.2) is 5.78 Å². The summed E-state index contributed by atoms with van der Waals surface area (Å²) in [6.07, 6.45) is 2.13. The van der Waals surface area contributed by atoms with Crippen molar-refractivity contribution in [1.82, 2.24) is 15.2 Å². The van der Waals surface area contributed by atoms with Crippen LogP contribution in [0.25, 0.3) is 0 Å². The number of thioether (sulfide) groups is 1. The average molecular weight is 248 g/mol. The number of nitrogens with two attached hydrogens (primary N) is 1. The van der Waals surface area contributed by atoms with Crippen molar-refractivity contribution in [2.75, 3.05) is 12.0 Å². The van der Waals surface area contributed by atoms with Gasteiger partial charge in [0.2, 0.25) is 5.95 Å². The first-order valence-corrected chi connectivity index (χ1v) is 6.26. The molecule has 5 nitrogen and oxygen atoms in total. The molecule has 2 rings (SSSR count). The van der Waals surface area contributed by atoms with Crippen LogP contribution in [0.2, 0.25) is 0 Å². The SMILES string of the molecule is CSc1ccccc1C(=O)Cc1nc(N)n[nH]1. The zero-order chi connectivity index (χ0) is 12.3. The quantitative estimate of drug-likeness (QED) is 0.633. The topological polar surface area (TPSA) is 84.7 Å². The van der Waals surface area contributed by atoms with Gasteiger partial charge < -0.3 is 5.73 Å². The molecule has 0 saturated heterocycles. The maximum absolute atomic E-state index is 12.1. The third kappa shape index (κ3) is 2.65. The Hall–Kier alpha value is -1.82. The predicted molar refractivity (Wildman–Crippen MR) is 67.1 cm³/mol. The molecule has 0 fully saturated rings.